The number of hydrogen-bond donors (Lipinski definition) is 3. The van der Waals surface area contributed by atoms with Crippen molar-refractivity contribution in [2.75, 3.05) is 13.6 Å². The van der Waals surface area contributed by atoms with Crippen LogP contribution in [0.2, 0.25) is 0 Å². The van der Waals surface area contributed by atoms with E-state index in [9.17, 15) is 57.1 Å². The second-order valence-corrected chi connectivity index (χ2v) is 5.58. The summed E-state index contributed by atoms with van der Waals surface area (Å²) in [5.74, 6) is -28.5. The lowest BCUT2D eigenvalue weighted by atomic mass is 9.94. The molecule has 172 valence electrons. The van der Waals surface area contributed by atoms with Crippen LogP contribution >= 0.6 is 0 Å². The van der Waals surface area contributed by atoms with E-state index in [4.69, 9.17) is 10.2 Å². The lowest BCUT2D eigenvalue weighted by molar-refractivity contribution is -0.990. The van der Waals surface area contributed by atoms with E-state index in [0.29, 0.717) is 0 Å². The zero-order valence-electron chi connectivity index (χ0n) is 13.4. The van der Waals surface area contributed by atoms with Crippen molar-refractivity contribution < 1.29 is 96.2 Å². The Morgan fingerprint density at radius 3 is 1.39 bits per heavy atom. The summed E-state index contributed by atoms with van der Waals surface area (Å²) in [6.45, 7) is -1.81. The van der Waals surface area contributed by atoms with E-state index in [-0.39, 0.29) is 31.0 Å². The van der Waals surface area contributed by atoms with E-state index < -0.39 is 66.5 Å². The lowest BCUT2D eigenvalue weighted by Gasteiger charge is -2.40. The van der Waals surface area contributed by atoms with Crippen LogP contribution in [-0.4, -0.2) is 66.0 Å². The van der Waals surface area contributed by atoms with Crippen molar-refractivity contribution >= 4 is 0 Å². The number of alkyl halides is 13. The SMILES string of the molecule is C[NH+](CC(O)O)C(F)(F)C(F)(F)C(F)(F)C(F)(F)C(F)(F)CCC(F)(F)F.[I-]. The highest BCUT2D eigenvalue weighted by atomic mass is 127. The van der Waals surface area contributed by atoms with Crippen molar-refractivity contribution in [2.45, 2.75) is 55.0 Å². The number of aliphatic hydroxyl groups is 2. The predicted molar refractivity (Wildman–Crippen MR) is 60.0 cm³/mol. The summed E-state index contributed by atoms with van der Waals surface area (Å²) in [6.07, 6.45) is -14.2. The number of rotatable bonds is 9. The fourth-order valence-electron chi connectivity index (χ4n) is 1.75. The molecule has 0 radical (unpaired) electrons. The van der Waals surface area contributed by atoms with Gasteiger partial charge in [-0.25, -0.2) is 0 Å². The average molecular weight is 565 g/mol. The second-order valence-electron chi connectivity index (χ2n) is 5.58. The number of aliphatic hydroxyl groups excluding tert-OH is 1. The first-order valence-corrected chi connectivity index (χ1v) is 6.69. The van der Waals surface area contributed by atoms with Crippen LogP contribution in [0.5, 0.6) is 0 Å². The Bertz CT molecular complexity index is 509. The molecule has 0 aliphatic heterocycles. The van der Waals surface area contributed by atoms with Gasteiger partial charge >= 0.3 is 35.9 Å². The molecule has 3 N–H and O–H groups in total. The number of quaternary nitrogens is 1. The molecule has 0 rings (SSSR count). The molecule has 1 unspecified atom stereocenters. The Hall–Kier alpha value is -0.300. The maximum absolute atomic E-state index is 13.5. The quantitative estimate of drug-likeness (QED) is 0.150. The molecule has 0 heterocycles. The predicted octanol–water partition coefficient (Wildman–Crippen LogP) is -0.708. The fourth-order valence-corrected chi connectivity index (χ4v) is 1.75. The van der Waals surface area contributed by atoms with Gasteiger partial charge in [0.2, 0.25) is 6.29 Å². The summed E-state index contributed by atoms with van der Waals surface area (Å²) >= 11 is 0. The van der Waals surface area contributed by atoms with E-state index in [1.165, 1.54) is 0 Å². The maximum Gasteiger partial charge on any atom is 0.460 e. The van der Waals surface area contributed by atoms with Gasteiger partial charge in [-0.1, -0.05) is 0 Å². The first-order chi connectivity index (χ1) is 11.5. The van der Waals surface area contributed by atoms with Gasteiger partial charge in [0.15, 0.2) is 0 Å². The molecule has 0 saturated heterocycles. The smallest absolute Gasteiger partial charge is 0.460 e. The van der Waals surface area contributed by atoms with Crippen LogP contribution in [0, 0.1) is 0 Å². The van der Waals surface area contributed by atoms with Crippen molar-refractivity contribution in [3.63, 3.8) is 0 Å². The molecule has 0 spiro atoms. The van der Waals surface area contributed by atoms with Crippen LogP contribution in [-0.2, 0) is 0 Å². The number of hydrogen-bond acceptors (Lipinski definition) is 2. The summed E-state index contributed by atoms with van der Waals surface area (Å²) in [5.41, 5.74) is 0. The zero-order chi connectivity index (χ0) is 22.3. The molecule has 1 atom stereocenters. The van der Waals surface area contributed by atoms with E-state index in [0.717, 1.165) is 0 Å². The standard InChI is InChI=1S/C11H12F13NO2.HI/c1-25(4-5(26)27)11(23,24)10(21,22)9(19,20)8(17,18)6(12,13)2-3-7(14,15)16;/h5,26-27H,2-4H2,1H3;1H. The van der Waals surface area contributed by atoms with E-state index in [1.807, 2.05) is 0 Å². The third-order valence-electron chi connectivity index (χ3n) is 3.39. The van der Waals surface area contributed by atoms with Gasteiger partial charge < -0.3 is 34.2 Å². The molecular formula is C11H13F13INO2. The van der Waals surface area contributed by atoms with Gasteiger partial charge in [0.05, 0.1) is 7.05 Å². The van der Waals surface area contributed by atoms with Gasteiger partial charge in [-0.15, -0.1) is 8.78 Å². The first-order valence-electron chi connectivity index (χ1n) is 6.69. The van der Waals surface area contributed by atoms with Gasteiger partial charge in [0.25, 0.3) is 0 Å². The minimum absolute atomic E-state index is 0. The Kier molecular flexibility index (Phi) is 9.42. The second kappa shape index (κ2) is 8.83. The van der Waals surface area contributed by atoms with Crippen molar-refractivity contribution in [1.29, 1.82) is 0 Å². The van der Waals surface area contributed by atoms with Gasteiger partial charge in [0, 0.05) is 12.8 Å². The van der Waals surface area contributed by atoms with E-state index in [2.05, 4.69) is 0 Å². The molecule has 0 aromatic heterocycles. The minimum Gasteiger partial charge on any atom is -1.00 e. The molecule has 0 aromatic rings. The van der Waals surface area contributed by atoms with Crippen LogP contribution < -0.4 is 28.9 Å². The molecule has 0 amide bonds. The Morgan fingerprint density at radius 1 is 0.679 bits per heavy atom. The summed E-state index contributed by atoms with van der Waals surface area (Å²) in [4.78, 5) is -2.17. The lowest BCUT2D eigenvalue weighted by Crippen LogP contribution is -3.20. The molecule has 0 bridgehead atoms. The Morgan fingerprint density at radius 2 is 1.07 bits per heavy atom. The monoisotopic (exact) mass is 565 g/mol. The fraction of sp³-hybridized carbons (Fsp3) is 1.00. The summed E-state index contributed by atoms with van der Waals surface area (Å²) in [7, 11) is -0.0661. The molecule has 17 heteroatoms. The van der Waals surface area contributed by atoms with Crippen molar-refractivity contribution in [1.82, 2.24) is 0 Å². The van der Waals surface area contributed by atoms with Gasteiger partial charge in [-0.3, -0.25) is 4.90 Å². The Labute approximate surface area is 165 Å². The molecule has 3 nitrogen and oxygen atoms in total. The topological polar surface area (TPSA) is 44.9 Å². The molecule has 0 aromatic carbocycles. The van der Waals surface area contributed by atoms with Crippen molar-refractivity contribution in [3.05, 3.63) is 0 Å². The number of likely N-dealkylation sites (N-methyl/N-ethyl adjacent to an activating group) is 1. The molecule has 0 fully saturated rings. The largest absolute Gasteiger partial charge is 1.00 e. The summed E-state index contributed by atoms with van der Waals surface area (Å²) < 4.78 is 169. The third-order valence-corrected chi connectivity index (χ3v) is 3.39. The van der Waals surface area contributed by atoms with Crippen LogP contribution in [0.3, 0.4) is 0 Å². The number of nitrogens with one attached hydrogen (secondary N) is 1. The highest BCUT2D eigenvalue weighted by molar-refractivity contribution is 5.06. The van der Waals surface area contributed by atoms with Gasteiger partial charge in [-0.05, 0) is 0 Å². The van der Waals surface area contributed by atoms with E-state index in [1.54, 1.807) is 0 Å². The molecule has 0 aliphatic carbocycles. The normalized spacial score (nSPS) is 16.2. The van der Waals surface area contributed by atoms with Crippen molar-refractivity contribution in [2.24, 2.45) is 0 Å². The highest BCUT2D eigenvalue weighted by Gasteiger charge is 2.88. The van der Waals surface area contributed by atoms with Crippen LogP contribution in [0.1, 0.15) is 12.8 Å². The molecule has 0 saturated carbocycles. The van der Waals surface area contributed by atoms with Gasteiger partial charge in [-0.2, -0.15) is 48.3 Å². The summed E-state index contributed by atoms with van der Waals surface area (Å²) in [5, 5.41) is 16.8. The maximum atomic E-state index is 13.5. The molecular weight excluding hydrogens is 552 g/mol. The molecule has 28 heavy (non-hydrogen) atoms. The number of halogens is 14. The van der Waals surface area contributed by atoms with Crippen LogP contribution in [0.4, 0.5) is 57.1 Å². The van der Waals surface area contributed by atoms with Gasteiger partial charge in [0.1, 0.15) is 6.54 Å². The first kappa shape index (κ1) is 29.9. The minimum atomic E-state index is -7.51. The Balaban J connectivity index is 0. The van der Waals surface area contributed by atoms with Crippen LogP contribution in [0.15, 0.2) is 0 Å². The van der Waals surface area contributed by atoms with Crippen LogP contribution in [0.25, 0.3) is 0 Å². The highest BCUT2D eigenvalue weighted by Crippen LogP contribution is 2.57. The molecule has 0 aliphatic rings. The van der Waals surface area contributed by atoms with Crippen molar-refractivity contribution in [3.8, 4) is 0 Å². The third kappa shape index (κ3) is 5.65. The zero-order valence-corrected chi connectivity index (χ0v) is 15.5. The summed E-state index contributed by atoms with van der Waals surface area (Å²) in [6, 6.07) is -6.25. The van der Waals surface area contributed by atoms with E-state index >= 15 is 0 Å². The average Bonchev–Trinajstić information content (AvgIpc) is 2.42.